The first kappa shape index (κ1) is 11.5. The Morgan fingerprint density at radius 3 is 2.75 bits per heavy atom. The number of amides is 1. The molecule has 1 aromatic heterocycles. The fraction of sp³-hybridized carbons (Fsp3) is 0.583. The van der Waals surface area contributed by atoms with Crippen molar-refractivity contribution in [2.45, 2.75) is 38.6 Å². The van der Waals surface area contributed by atoms with Crippen molar-refractivity contribution in [1.82, 2.24) is 5.32 Å². The van der Waals surface area contributed by atoms with Gasteiger partial charge in [0.2, 0.25) is 5.91 Å². The minimum Gasteiger partial charge on any atom is -0.448 e. The number of rotatable bonds is 3. The van der Waals surface area contributed by atoms with Crippen LogP contribution in [-0.4, -0.2) is 5.91 Å². The number of hydrogen-bond donors (Lipinski definition) is 1. The highest BCUT2D eigenvalue weighted by molar-refractivity contribution is 6.28. The second-order valence-electron chi connectivity index (χ2n) is 4.26. The maximum atomic E-state index is 11.8. The lowest BCUT2D eigenvalue weighted by molar-refractivity contribution is -0.126. The van der Waals surface area contributed by atoms with Crippen LogP contribution in [0.1, 0.15) is 37.9 Å². The normalized spacial score (nSPS) is 17.3. The van der Waals surface area contributed by atoms with E-state index in [-0.39, 0.29) is 11.8 Å². The molecule has 1 aliphatic rings. The summed E-state index contributed by atoms with van der Waals surface area (Å²) in [7, 11) is 0. The van der Waals surface area contributed by atoms with Gasteiger partial charge in [-0.15, -0.1) is 0 Å². The molecule has 16 heavy (non-hydrogen) atoms. The number of hydrogen-bond acceptors (Lipinski definition) is 2. The molecule has 88 valence electrons. The molecule has 1 saturated carbocycles. The summed E-state index contributed by atoms with van der Waals surface area (Å²) >= 11 is 5.65. The summed E-state index contributed by atoms with van der Waals surface area (Å²) in [6.45, 7) is 0.433. The van der Waals surface area contributed by atoms with Crippen LogP contribution >= 0.6 is 11.6 Å². The summed E-state index contributed by atoms with van der Waals surface area (Å²) in [5.74, 6) is 1.04. The molecule has 0 saturated heterocycles. The van der Waals surface area contributed by atoms with Crippen LogP contribution in [0, 0.1) is 5.92 Å². The Bertz CT molecular complexity index is 356. The third-order valence-electron chi connectivity index (χ3n) is 3.04. The van der Waals surface area contributed by atoms with Crippen LogP contribution in [0.15, 0.2) is 16.5 Å². The molecule has 2 rings (SSSR count). The third-order valence-corrected chi connectivity index (χ3v) is 3.24. The summed E-state index contributed by atoms with van der Waals surface area (Å²) in [6, 6.07) is 3.47. The third kappa shape index (κ3) is 3.01. The van der Waals surface area contributed by atoms with E-state index in [4.69, 9.17) is 16.0 Å². The van der Waals surface area contributed by atoms with Crippen molar-refractivity contribution in [2.75, 3.05) is 0 Å². The van der Waals surface area contributed by atoms with E-state index in [1.54, 1.807) is 12.1 Å². The molecule has 0 unspecified atom stereocenters. The van der Waals surface area contributed by atoms with Gasteiger partial charge in [0.25, 0.3) is 0 Å². The fourth-order valence-electron chi connectivity index (χ4n) is 2.13. The topological polar surface area (TPSA) is 42.2 Å². The molecular weight excluding hydrogens is 226 g/mol. The molecule has 1 aromatic rings. The summed E-state index contributed by atoms with van der Waals surface area (Å²) in [5, 5.41) is 3.25. The average molecular weight is 242 g/mol. The summed E-state index contributed by atoms with van der Waals surface area (Å²) in [4.78, 5) is 11.8. The molecule has 4 heteroatoms. The van der Waals surface area contributed by atoms with Crippen LogP contribution < -0.4 is 5.32 Å². The zero-order chi connectivity index (χ0) is 11.4. The van der Waals surface area contributed by atoms with E-state index >= 15 is 0 Å². The van der Waals surface area contributed by atoms with Crippen molar-refractivity contribution in [3.8, 4) is 0 Å². The van der Waals surface area contributed by atoms with Crippen molar-refractivity contribution < 1.29 is 9.21 Å². The summed E-state index contributed by atoms with van der Waals surface area (Å²) in [6.07, 6.45) is 5.64. The van der Waals surface area contributed by atoms with E-state index in [0.29, 0.717) is 17.5 Å². The lowest BCUT2D eigenvalue weighted by Crippen LogP contribution is -2.31. The lowest BCUT2D eigenvalue weighted by atomic mass is 9.89. The van der Waals surface area contributed by atoms with Crippen LogP contribution in [0.25, 0.3) is 0 Å². The van der Waals surface area contributed by atoms with Gasteiger partial charge >= 0.3 is 0 Å². The largest absolute Gasteiger partial charge is 0.448 e. The SMILES string of the molecule is O=C(NCc1ccc(Cl)o1)C1CCCCC1. The number of carbonyl (C=O) groups excluding carboxylic acids is 1. The van der Waals surface area contributed by atoms with Crippen LogP contribution in [-0.2, 0) is 11.3 Å². The Morgan fingerprint density at radius 2 is 2.12 bits per heavy atom. The zero-order valence-electron chi connectivity index (χ0n) is 9.17. The smallest absolute Gasteiger partial charge is 0.223 e. The van der Waals surface area contributed by atoms with Gasteiger partial charge in [0.05, 0.1) is 6.54 Å². The number of nitrogens with one attached hydrogen (secondary N) is 1. The molecule has 1 N–H and O–H groups in total. The van der Waals surface area contributed by atoms with E-state index in [1.165, 1.54) is 19.3 Å². The Balaban J connectivity index is 1.78. The minimum atomic E-state index is 0.146. The van der Waals surface area contributed by atoms with Gasteiger partial charge < -0.3 is 9.73 Å². The molecule has 1 aliphatic carbocycles. The second kappa shape index (κ2) is 5.39. The molecule has 0 spiro atoms. The van der Waals surface area contributed by atoms with E-state index in [9.17, 15) is 4.79 Å². The first-order valence-corrected chi connectivity index (χ1v) is 6.15. The minimum absolute atomic E-state index is 0.146. The van der Waals surface area contributed by atoms with Gasteiger partial charge in [-0.05, 0) is 36.6 Å². The summed E-state index contributed by atoms with van der Waals surface area (Å²) < 4.78 is 5.17. The van der Waals surface area contributed by atoms with Crippen molar-refractivity contribution in [3.05, 3.63) is 23.1 Å². The number of carbonyl (C=O) groups is 1. The molecule has 3 nitrogen and oxygen atoms in total. The van der Waals surface area contributed by atoms with Crippen molar-refractivity contribution in [3.63, 3.8) is 0 Å². The van der Waals surface area contributed by atoms with Crippen LogP contribution in [0.2, 0.25) is 5.22 Å². The molecule has 0 aromatic carbocycles. The van der Waals surface area contributed by atoms with Crippen LogP contribution in [0.5, 0.6) is 0 Å². The zero-order valence-corrected chi connectivity index (χ0v) is 9.93. The standard InChI is InChI=1S/C12H16ClNO2/c13-11-7-6-10(16-11)8-14-12(15)9-4-2-1-3-5-9/h6-7,9H,1-5,8H2,(H,14,15). The first-order chi connectivity index (χ1) is 7.75. The predicted octanol–water partition coefficient (Wildman–Crippen LogP) is 3.13. The van der Waals surface area contributed by atoms with E-state index < -0.39 is 0 Å². The lowest BCUT2D eigenvalue weighted by Gasteiger charge is -2.20. The maximum absolute atomic E-state index is 11.8. The van der Waals surface area contributed by atoms with Gasteiger partial charge in [-0.3, -0.25) is 4.79 Å². The number of furan rings is 1. The highest BCUT2D eigenvalue weighted by Gasteiger charge is 2.20. The highest BCUT2D eigenvalue weighted by atomic mass is 35.5. The van der Waals surface area contributed by atoms with Crippen LogP contribution in [0.3, 0.4) is 0 Å². The highest BCUT2D eigenvalue weighted by Crippen LogP contribution is 2.23. The van der Waals surface area contributed by atoms with Crippen molar-refractivity contribution in [2.24, 2.45) is 5.92 Å². The van der Waals surface area contributed by atoms with Crippen molar-refractivity contribution in [1.29, 1.82) is 0 Å². The van der Waals surface area contributed by atoms with Gasteiger partial charge in [0, 0.05) is 5.92 Å². The maximum Gasteiger partial charge on any atom is 0.223 e. The van der Waals surface area contributed by atoms with Crippen LogP contribution in [0.4, 0.5) is 0 Å². The Kier molecular flexibility index (Phi) is 3.88. The molecule has 0 atom stereocenters. The quantitative estimate of drug-likeness (QED) is 0.884. The second-order valence-corrected chi connectivity index (χ2v) is 4.63. The van der Waals surface area contributed by atoms with E-state index in [0.717, 1.165) is 12.8 Å². The van der Waals surface area contributed by atoms with Gasteiger partial charge in [0.1, 0.15) is 5.76 Å². The molecule has 1 amide bonds. The average Bonchev–Trinajstić information content (AvgIpc) is 2.73. The van der Waals surface area contributed by atoms with E-state index in [1.807, 2.05) is 0 Å². The molecule has 1 fully saturated rings. The molecular formula is C12H16ClNO2. The molecule has 1 heterocycles. The molecule has 0 radical (unpaired) electrons. The van der Waals surface area contributed by atoms with Gasteiger partial charge in [-0.1, -0.05) is 19.3 Å². The van der Waals surface area contributed by atoms with Crippen molar-refractivity contribution >= 4 is 17.5 Å². The van der Waals surface area contributed by atoms with E-state index in [2.05, 4.69) is 5.32 Å². The summed E-state index contributed by atoms with van der Waals surface area (Å²) in [5.41, 5.74) is 0. The van der Waals surface area contributed by atoms with Gasteiger partial charge in [0.15, 0.2) is 5.22 Å². The molecule has 0 aliphatic heterocycles. The Hall–Kier alpha value is -0.960. The number of halogens is 1. The monoisotopic (exact) mass is 241 g/mol. The fourth-order valence-corrected chi connectivity index (χ4v) is 2.29. The predicted molar refractivity (Wildman–Crippen MR) is 62.1 cm³/mol. The van der Waals surface area contributed by atoms with Gasteiger partial charge in [-0.25, -0.2) is 0 Å². The Labute approximate surface area is 100 Å². The van der Waals surface area contributed by atoms with Gasteiger partial charge in [-0.2, -0.15) is 0 Å². The Morgan fingerprint density at radius 1 is 1.38 bits per heavy atom. The first-order valence-electron chi connectivity index (χ1n) is 5.77. The molecule has 0 bridgehead atoms.